The number of hydrogen-bond acceptors (Lipinski definition) is 5. The predicted octanol–water partition coefficient (Wildman–Crippen LogP) is 2.86. The van der Waals surface area contributed by atoms with Gasteiger partial charge in [0.1, 0.15) is 17.2 Å². The summed E-state index contributed by atoms with van der Waals surface area (Å²) in [6.45, 7) is 4.04. The highest BCUT2D eigenvalue weighted by atomic mass is 32.2. The number of rotatable bonds is 2. The number of aromatic nitrogens is 2. The van der Waals surface area contributed by atoms with Gasteiger partial charge in [-0.15, -0.1) is 11.8 Å². The molecular weight excluding hydrogens is 320 g/mol. The Hall–Kier alpha value is -1.56. The van der Waals surface area contributed by atoms with Crippen molar-refractivity contribution in [3.8, 4) is 0 Å². The van der Waals surface area contributed by atoms with Gasteiger partial charge in [-0.25, -0.2) is 9.97 Å². The molecule has 0 spiro atoms. The van der Waals surface area contributed by atoms with E-state index in [9.17, 15) is 4.79 Å². The summed E-state index contributed by atoms with van der Waals surface area (Å²) in [7, 11) is 0. The average molecular weight is 344 g/mol. The number of nitrogens with zero attached hydrogens (tertiary/aromatic N) is 3. The molecule has 1 atom stereocenters. The Morgan fingerprint density at radius 3 is 2.83 bits per heavy atom. The van der Waals surface area contributed by atoms with Gasteiger partial charge in [0.25, 0.3) is 0 Å². The Balaban J connectivity index is 1.66. The number of nitrogens with two attached hydrogens (primary N) is 1. The molecule has 128 valence electrons. The third kappa shape index (κ3) is 2.81. The Bertz CT molecular complexity index is 694. The van der Waals surface area contributed by atoms with Crippen LogP contribution in [0.15, 0.2) is 16.9 Å². The van der Waals surface area contributed by atoms with Crippen molar-refractivity contribution < 1.29 is 4.79 Å². The van der Waals surface area contributed by atoms with E-state index in [1.807, 2.05) is 11.8 Å². The lowest BCUT2D eigenvalue weighted by atomic mass is 9.82. The van der Waals surface area contributed by atoms with Crippen LogP contribution in [-0.4, -0.2) is 34.7 Å². The first kappa shape index (κ1) is 15.9. The van der Waals surface area contributed by atoms with Gasteiger partial charge in [0, 0.05) is 24.8 Å². The van der Waals surface area contributed by atoms with Gasteiger partial charge in [-0.2, -0.15) is 0 Å². The van der Waals surface area contributed by atoms with Crippen molar-refractivity contribution in [3.63, 3.8) is 0 Å². The van der Waals surface area contributed by atoms with Crippen LogP contribution in [-0.2, 0) is 4.79 Å². The van der Waals surface area contributed by atoms with Gasteiger partial charge in [0.2, 0.25) is 5.91 Å². The monoisotopic (exact) mass is 344 g/mol. The van der Waals surface area contributed by atoms with E-state index in [2.05, 4.69) is 21.8 Å². The van der Waals surface area contributed by atoms with Gasteiger partial charge in [-0.05, 0) is 43.6 Å². The summed E-state index contributed by atoms with van der Waals surface area (Å²) in [5.74, 6) is 2.77. The molecule has 3 heterocycles. The zero-order valence-corrected chi connectivity index (χ0v) is 14.9. The number of amides is 1. The summed E-state index contributed by atoms with van der Waals surface area (Å²) in [5, 5.41) is 1.13. The maximum absolute atomic E-state index is 11.4. The second-order valence-corrected chi connectivity index (χ2v) is 8.22. The predicted molar refractivity (Wildman–Crippen MR) is 96.8 cm³/mol. The first-order valence-corrected chi connectivity index (χ1v) is 9.85. The smallest absolute Gasteiger partial charge is 0.220 e. The van der Waals surface area contributed by atoms with E-state index in [4.69, 9.17) is 5.73 Å². The molecule has 4 rings (SSSR count). The third-order valence-electron chi connectivity index (χ3n) is 5.58. The van der Waals surface area contributed by atoms with Crippen LogP contribution >= 0.6 is 11.8 Å². The second-order valence-electron chi connectivity index (χ2n) is 7.26. The van der Waals surface area contributed by atoms with E-state index in [0.29, 0.717) is 0 Å². The van der Waals surface area contributed by atoms with Crippen molar-refractivity contribution in [3.05, 3.63) is 17.5 Å². The fraction of sp³-hybridized carbons (Fsp3) is 0.611. The molecule has 24 heavy (non-hydrogen) atoms. The highest BCUT2D eigenvalue weighted by molar-refractivity contribution is 7.99. The molecule has 3 aliphatic rings. The molecule has 1 fully saturated rings. The van der Waals surface area contributed by atoms with Gasteiger partial charge < -0.3 is 10.6 Å². The summed E-state index contributed by atoms with van der Waals surface area (Å²) in [5.41, 5.74) is 9.83. The molecule has 6 heteroatoms. The van der Waals surface area contributed by atoms with E-state index >= 15 is 0 Å². The zero-order chi connectivity index (χ0) is 16.7. The van der Waals surface area contributed by atoms with Crippen LogP contribution < -0.4 is 10.6 Å². The second kappa shape index (κ2) is 6.39. The van der Waals surface area contributed by atoms with Gasteiger partial charge >= 0.3 is 0 Å². The molecule has 0 aromatic carbocycles. The molecule has 5 nitrogen and oxygen atoms in total. The van der Waals surface area contributed by atoms with Gasteiger partial charge in [0.15, 0.2) is 0 Å². The number of anilines is 1. The molecule has 2 aliphatic heterocycles. The largest absolute Gasteiger partial charge is 0.369 e. The van der Waals surface area contributed by atoms with Crippen LogP contribution in [0, 0.1) is 11.8 Å². The summed E-state index contributed by atoms with van der Waals surface area (Å²) in [4.78, 5) is 22.9. The van der Waals surface area contributed by atoms with E-state index in [1.54, 1.807) is 11.9 Å². The number of thioether (sulfide) groups is 1. The van der Waals surface area contributed by atoms with Gasteiger partial charge in [-0.3, -0.25) is 4.79 Å². The fourth-order valence-electron chi connectivity index (χ4n) is 4.17. The third-order valence-corrected chi connectivity index (χ3v) is 6.66. The van der Waals surface area contributed by atoms with E-state index in [0.717, 1.165) is 54.9 Å². The summed E-state index contributed by atoms with van der Waals surface area (Å²) in [6.07, 6.45) is 6.94. The molecule has 1 unspecified atom stereocenters. The van der Waals surface area contributed by atoms with Crippen LogP contribution in [0.4, 0.5) is 5.82 Å². The standard InChI is InChI=1S/C18H24N4OS/c1-11-2-3-14-13(8-11)9-24-18-15(14)17(20-10-21-18)22-6-4-12(5-7-22)16(19)23/h10-12H,2-9H2,1H3,(H2,19,23). The first-order valence-electron chi connectivity index (χ1n) is 8.86. The molecule has 1 aromatic rings. The molecule has 0 radical (unpaired) electrons. The quantitative estimate of drug-likeness (QED) is 0.835. The Morgan fingerprint density at radius 1 is 1.29 bits per heavy atom. The highest BCUT2D eigenvalue weighted by Gasteiger charge is 2.31. The lowest BCUT2D eigenvalue weighted by molar-refractivity contribution is -0.122. The minimum Gasteiger partial charge on any atom is -0.369 e. The minimum atomic E-state index is -0.166. The van der Waals surface area contributed by atoms with E-state index in [-0.39, 0.29) is 11.8 Å². The Kier molecular flexibility index (Phi) is 4.24. The highest BCUT2D eigenvalue weighted by Crippen LogP contribution is 2.47. The number of piperidine rings is 1. The molecule has 0 bridgehead atoms. The van der Waals surface area contributed by atoms with Crippen LogP contribution in [0.3, 0.4) is 0 Å². The fourth-order valence-corrected chi connectivity index (χ4v) is 5.25. The molecule has 0 saturated carbocycles. The molecular formula is C18H24N4OS. The maximum atomic E-state index is 11.4. The Labute approximate surface area is 147 Å². The molecule has 1 saturated heterocycles. The summed E-state index contributed by atoms with van der Waals surface area (Å²) >= 11 is 1.85. The van der Waals surface area contributed by atoms with Crippen molar-refractivity contribution in [1.29, 1.82) is 0 Å². The lowest BCUT2D eigenvalue weighted by Crippen LogP contribution is -2.39. The van der Waals surface area contributed by atoms with E-state index < -0.39 is 0 Å². The van der Waals surface area contributed by atoms with Gasteiger partial charge in [0.05, 0.1) is 5.56 Å². The minimum absolute atomic E-state index is 0.0126. The molecule has 1 amide bonds. The normalized spacial score (nSPS) is 24.5. The molecule has 1 aromatic heterocycles. The van der Waals surface area contributed by atoms with Gasteiger partial charge in [-0.1, -0.05) is 12.5 Å². The zero-order valence-electron chi connectivity index (χ0n) is 14.1. The number of primary amides is 1. The van der Waals surface area contributed by atoms with Crippen LogP contribution in [0.1, 0.15) is 44.6 Å². The maximum Gasteiger partial charge on any atom is 0.220 e. The number of hydrogen-bond donors (Lipinski definition) is 1. The molecule has 2 N–H and O–H groups in total. The van der Waals surface area contributed by atoms with Crippen LogP contribution in [0.2, 0.25) is 0 Å². The number of fused-ring (bicyclic) bond motifs is 2. The Morgan fingerprint density at radius 2 is 2.08 bits per heavy atom. The van der Waals surface area contributed by atoms with Crippen molar-refractivity contribution in [2.45, 2.75) is 44.1 Å². The van der Waals surface area contributed by atoms with E-state index in [1.165, 1.54) is 24.0 Å². The number of carbonyl (C=O) groups excluding carboxylic acids is 1. The SMILES string of the molecule is CC1CCC2=C(CSc3ncnc(N4CCC(C(N)=O)CC4)c32)C1. The van der Waals surface area contributed by atoms with Crippen LogP contribution in [0.5, 0.6) is 0 Å². The lowest BCUT2D eigenvalue weighted by Gasteiger charge is -2.36. The van der Waals surface area contributed by atoms with Crippen LogP contribution in [0.25, 0.3) is 5.57 Å². The number of allylic oxidation sites excluding steroid dienone is 1. The first-order chi connectivity index (χ1) is 11.6. The molecule has 1 aliphatic carbocycles. The average Bonchev–Trinajstić information content (AvgIpc) is 2.60. The van der Waals surface area contributed by atoms with Crippen molar-refractivity contribution in [2.24, 2.45) is 17.6 Å². The summed E-state index contributed by atoms with van der Waals surface area (Å²) < 4.78 is 0. The number of carbonyl (C=O) groups is 1. The van der Waals surface area contributed by atoms with Crippen molar-refractivity contribution >= 4 is 29.1 Å². The summed E-state index contributed by atoms with van der Waals surface area (Å²) in [6, 6.07) is 0. The van der Waals surface area contributed by atoms with Crippen molar-refractivity contribution in [1.82, 2.24) is 9.97 Å². The van der Waals surface area contributed by atoms with Crippen molar-refractivity contribution in [2.75, 3.05) is 23.7 Å². The topological polar surface area (TPSA) is 72.1 Å².